The van der Waals surface area contributed by atoms with Crippen molar-refractivity contribution in [1.29, 1.82) is 0 Å². The van der Waals surface area contributed by atoms with Crippen molar-refractivity contribution in [2.75, 3.05) is 6.61 Å². The molecule has 4 N–H and O–H groups in total. The number of hydrogen-bond acceptors (Lipinski definition) is 8. The smallest absolute Gasteiger partial charge is 0.380 e. The van der Waals surface area contributed by atoms with Gasteiger partial charge in [-0.15, -0.1) is 0 Å². The Kier molecular flexibility index (Phi) is 7.61. The van der Waals surface area contributed by atoms with Gasteiger partial charge >= 0.3 is 23.5 Å². The Balaban J connectivity index is 2.66. The monoisotopic (exact) mass is 428 g/mol. The average Bonchev–Trinajstić information content (AvgIpc) is 2.59. The second-order valence-electron chi connectivity index (χ2n) is 5.36. The van der Waals surface area contributed by atoms with E-state index in [2.05, 4.69) is 13.1 Å². The molecule has 2 unspecified atom stereocenters. The zero-order valence-electron chi connectivity index (χ0n) is 13.0. The van der Waals surface area contributed by atoms with Crippen LogP contribution in [-0.4, -0.2) is 58.1 Å². The number of hydrogen-bond donors (Lipinski definition) is 4. The first-order chi connectivity index (χ1) is 11.0. The molecule has 0 aromatic carbocycles. The molecule has 0 aliphatic carbocycles. The fraction of sp³-hybridized carbons (Fsp3) is 1.00. The molecule has 17 heteroatoms. The molecule has 1 aliphatic heterocycles. The van der Waals surface area contributed by atoms with Crippen LogP contribution < -0.4 is 0 Å². The normalized spacial score (nSPS) is 30.0. The van der Waals surface area contributed by atoms with Crippen LogP contribution in [-0.2, 0) is 36.3 Å². The Morgan fingerprint density at radius 3 is 2.20 bits per heavy atom. The fourth-order valence-electron chi connectivity index (χ4n) is 1.85. The lowest BCUT2D eigenvalue weighted by Gasteiger charge is -2.25. The number of alkyl halides is 1. The lowest BCUT2D eigenvalue weighted by molar-refractivity contribution is -0.170. The summed E-state index contributed by atoms with van der Waals surface area (Å²) in [6.07, 6.45) is -2.03. The highest BCUT2D eigenvalue weighted by Gasteiger charge is 2.43. The summed E-state index contributed by atoms with van der Waals surface area (Å²) in [5.74, 6) is -2.06. The van der Waals surface area contributed by atoms with Crippen LogP contribution in [0, 0.1) is 0 Å². The van der Waals surface area contributed by atoms with Crippen LogP contribution in [0.2, 0.25) is 0 Å². The molecule has 12 nitrogen and oxygen atoms in total. The quantitative estimate of drug-likeness (QED) is 0.299. The van der Waals surface area contributed by atoms with Gasteiger partial charge in [-0.1, -0.05) is 0 Å². The Morgan fingerprint density at radius 2 is 1.72 bits per heavy atom. The fourth-order valence-corrected chi connectivity index (χ4v) is 4.88. The third kappa shape index (κ3) is 9.72. The van der Waals surface area contributed by atoms with Crippen molar-refractivity contribution in [2.45, 2.75) is 44.3 Å². The highest BCUT2D eigenvalue weighted by atomic mass is 31.3. The maximum absolute atomic E-state index is 13.5. The molecule has 5 atom stereocenters. The Morgan fingerprint density at radius 1 is 1.16 bits per heavy atom. The van der Waals surface area contributed by atoms with Crippen molar-refractivity contribution < 1.29 is 60.3 Å². The molecule has 146 valence electrons. The maximum Gasteiger partial charge on any atom is 0.490 e. The summed E-state index contributed by atoms with van der Waals surface area (Å²) in [7, 11) is -10.9. The highest BCUT2D eigenvalue weighted by Crippen LogP contribution is 2.66. The summed E-state index contributed by atoms with van der Waals surface area (Å²) in [6, 6.07) is -0.873. The van der Waals surface area contributed by atoms with Crippen LogP contribution in [0.15, 0.2) is 0 Å². The van der Waals surface area contributed by atoms with Crippen molar-refractivity contribution >= 4 is 31.3 Å². The first kappa shape index (κ1) is 23.4. The minimum absolute atomic E-state index is 0.0395. The van der Waals surface area contributed by atoms with Crippen molar-refractivity contribution in [3.8, 4) is 0 Å². The first-order valence-electron chi connectivity index (χ1n) is 6.54. The molecule has 1 rings (SSSR count). The SMILES string of the molecule is [B][C@H]1C[C@@H](OC(C)(C)F)[C@@H](COP(=O)(O)OP(=O)(O)OP(=O)(O)O)O1. The third-order valence-electron chi connectivity index (χ3n) is 2.48. The van der Waals surface area contributed by atoms with Gasteiger partial charge in [-0.3, -0.25) is 4.52 Å². The van der Waals surface area contributed by atoms with Crippen LogP contribution in [0.1, 0.15) is 20.3 Å². The molecule has 0 saturated carbocycles. The second-order valence-corrected chi connectivity index (χ2v) is 9.78. The van der Waals surface area contributed by atoms with Crippen LogP contribution in [0.4, 0.5) is 4.39 Å². The minimum Gasteiger partial charge on any atom is -0.380 e. The van der Waals surface area contributed by atoms with E-state index in [-0.39, 0.29) is 6.42 Å². The van der Waals surface area contributed by atoms with Crippen LogP contribution in [0.3, 0.4) is 0 Å². The van der Waals surface area contributed by atoms with Crippen LogP contribution >= 0.6 is 23.5 Å². The van der Waals surface area contributed by atoms with Gasteiger partial charge < -0.3 is 29.0 Å². The third-order valence-corrected chi connectivity index (χ3v) is 6.28. The van der Waals surface area contributed by atoms with E-state index in [0.717, 1.165) is 13.8 Å². The van der Waals surface area contributed by atoms with Gasteiger partial charge in [0.25, 0.3) is 0 Å². The molecule has 0 aromatic rings. The van der Waals surface area contributed by atoms with E-state index < -0.39 is 54.1 Å². The number of rotatable bonds is 9. The lowest BCUT2D eigenvalue weighted by atomic mass is 9.96. The summed E-state index contributed by atoms with van der Waals surface area (Å²) in [6.45, 7) is 1.45. The molecule has 2 radical (unpaired) electrons. The largest absolute Gasteiger partial charge is 0.490 e. The molecule has 0 aromatic heterocycles. The molecule has 1 fully saturated rings. The molecular formula is C8H17BFO12P3. The van der Waals surface area contributed by atoms with Crippen molar-refractivity contribution in [2.24, 2.45) is 0 Å². The lowest BCUT2D eigenvalue weighted by Crippen LogP contribution is -2.34. The predicted octanol–water partition coefficient (Wildman–Crippen LogP) is 0.704. The number of phosphoric ester groups is 1. The average molecular weight is 428 g/mol. The van der Waals surface area contributed by atoms with Crippen molar-refractivity contribution in [3.05, 3.63) is 0 Å². The first-order valence-corrected chi connectivity index (χ1v) is 11.1. The van der Waals surface area contributed by atoms with Gasteiger partial charge in [-0.25, -0.2) is 18.1 Å². The molecule has 0 spiro atoms. The molecule has 0 amide bonds. The minimum atomic E-state index is -5.62. The Hall–Kier alpha value is 0.325. The van der Waals surface area contributed by atoms with E-state index in [4.69, 9.17) is 32.0 Å². The Labute approximate surface area is 143 Å². The number of phosphoric acid groups is 3. The zero-order valence-corrected chi connectivity index (χ0v) is 15.7. The number of ether oxygens (including phenoxy) is 2. The van der Waals surface area contributed by atoms with E-state index in [0.29, 0.717) is 0 Å². The molecule has 1 aliphatic rings. The van der Waals surface area contributed by atoms with Gasteiger partial charge in [0, 0.05) is 6.00 Å². The van der Waals surface area contributed by atoms with E-state index in [1.807, 2.05) is 0 Å². The summed E-state index contributed by atoms with van der Waals surface area (Å²) >= 11 is 0. The standard InChI is InChI=1S/C8H17BFO12P3/c1-8(2,10)20-5-3-7(9)19-6(5)4-18-24(14,15)22-25(16,17)21-23(11,12)13/h5-7H,3-4H2,1-2H3,(H,14,15)(H,16,17)(H2,11,12,13)/t5-,6-,7-/m1/s1. The van der Waals surface area contributed by atoms with E-state index in [1.54, 1.807) is 0 Å². The van der Waals surface area contributed by atoms with E-state index in [1.165, 1.54) is 0 Å². The van der Waals surface area contributed by atoms with E-state index >= 15 is 0 Å². The van der Waals surface area contributed by atoms with Gasteiger partial charge in [0.1, 0.15) is 14.0 Å². The van der Waals surface area contributed by atoms with Gasteiger partial charge in [0.15, 0.2) is 0 Å². The second kappa shape index (κ2) is 8.14. The van der Waals surface area contributed by atoms with Crippen molar-refractivity contribution in [1.82, 2.24) is 0 Å². The number of halogens is 1. The molecule has 1 heterocycles. The summed E-state index contributed by atoms with van der Waals surface area (Å²) < 4.78 is 68.4. The van der Waals surface area contributed by atoms with Gasteiger partial charge in [0.2, 0.25) is 5.85 Å². The van der Waals surface area contributed by atoms with Gasteiger partial charge in [0.05, 0.1) is 12.7 Å². The topological polar surface area (TPSA) is 178 Å². The maximum atomic E-state index is 13.5. The molecule has 0 bridgehead atoms. The zero-order chi connectivity index (χ0) is 19.7. The van der Waals surface area contributed by atoms with Crippen molar-refractivity contribution in [3.63, 3.8) is 0 Å². The molecule has 25 heavy (non-hydrogen) atoms. The van der Waals surface area contributed by atoms with Gasteiger partial charge in [-0.05, 0) is 20.3 Å². The summed E-state index contributed by atoms with van der Waals surface area (Å²) in [4.78, 5) is 35.1. The van der Waals surface area contributed by atoms with Gasteiger partial charge in [-0.2, -0.15) is 8.62 Å². The Bertz CT molecular complexity index is 604. The van der Waals surface area contributed by atoms with Crippen LogP contribution in [0.25, 0.3) is 0 Å². The van der Waals surface area contributed by atoms with Crippen LogP contribution in [0.5, 0.6) is 0 Å². The highest BCUT2D eigenvalue weighted by molar-refractivity contribution is 7.66. The molecule has 1 saturated heterocycles. The molecular weight excluding hydrogens is 411 g/mol. The van der Waals surface area contributed by atoms with E-state index in [9.17, 15) is 23.0 Å². The predicted molar refractivity (Wildman–Crippen MR) is 78.9 cm³/mol. The summed E-state index contributed by atoms with van der Waals surface area (Å²) in [5, 5.41) is 0. The summed E-state index contributed by atoms with van der Waals surface area (Å²) in [5.41, 5.74) is 0.